The number of sulfone groups is 1. The fourth-order valence-corrected chi connectivity index (χ4v) is 4.67. The average molecular weight is 356 g/mol. The minimum absolute atomic E-state index is 0.114. The minimum atomic E-state index is -2.97. The molecule has 0 aliphatic carbocycles. The Morgan fingerprint density at radius 2 is 2.17 bits per heavy atom. The van der Waals surface area contributed by atoms with Gasteiger partial charge in [-0.3, -0.25) is 0 Å². The number of rotatable bonds is 4. The Kier molecular flexibility index (Phi) is 4.33. The predicted molar refractivity (Wildman–Crippen MR) is 87.6 cm³/mol. The first kappa shape index (κ1) is 16.3. The monoisotopic (exact) mass is 355 g/mol. The molecule has 1 aliphatic heterocycles. The molecule has 2 heterocycles. The van der Waals surface area contributed by atoms with E-state index in [9.17, 15) is 8.42 Å². The van der Waals surface area contributed by atoms with Crippen LogP contribution in [0.25, 0.3) is 0 Å². The van der Waals surface area contributed by atoms with Gasteiger partial charge in [0.2, 0.25) is 0 Å². The standard InChI is InChI=1S/C15H18ClN3O3S/c1-10-7-12(16)3-4-14(10)22-8-15-17-11(2)18-19(15)13-5-6-23(20,21)9-13/h3-4,7,13H,5-6,8-9H2,1-2H3. The first-order valence-electron chi connectivity index (χ1n) is 7.35. The molecule has 0 bridgehead atoms. The van der Waals surface area contributed by atoms with Crippen molar-refractivity contribution in [2.45, 2.75) is 32.9 Å². The Morgan fingerprint density at radius 3 is 2.83 bits per heavy atom. The van der Waals surface area contributed by atoms with Gasteiger partial charge in [0, 0.05) is 5.02 Å². The highest BCUT2D eigenvalue weighted by Crippen LogP contribution is 2.26. The molecule has 1 saturated heterocycles. The van der Waals surface area contributed by atoms with Gasteiger partial charge in [-0.05, 0) is 44.0 Å². The summed E-state index contributed by atoms with van der Waals surface area (Å²) >= 11 is 5.94. The van der Waals surface area contributed by atoms with Crippen LogP contribution < -0.4 is 4.74 Å². The first-order chi connectivity index (χ1) is 10.8. The Labute approximate surface area is 140 Å². The van der Waals surface area contributed by atoms with Crippen LogP contribution in [0.4, 0.5) is 0 Å². The smallest absolute Gasteiger partial charge is 0.165 e. The highest BCUT2D eigenvalue weighted by Gasteiger charge is 2.31. The molecule has 0 radical (unpaired) electrons. The van der Waals surface area contributed by atoms with E-state index >= 15 is 0 Å². The zero-order valence-corrected chi connectivity index (χ0v) is 14.6. The minimum Gasteiger partial charge on any atom is -0.485 e. The van der Waals surface area contributed by atoms with Crippen LogP contribution in [0.15, 0.2) is 18.2 Å². The molecule has 6 nitrogen and oxygen atoms in total. The van der Waals surface area contributed by atoms with Gasteiger partial charge >= 0.3 is 0 Å². The molecule has 0 N–H and O–H groups in total. The maximum atomic E-state index is 11.7. The summed E-state index contributed by atoms with van der Waals surface area (Å²) in [4.78, 5) is 4.37. The number of hydrogen-bond acceptors (Lipinski definition) is 5. The Hall–Kier alpha value is -1.60. The van der Waals surface area contributed by atoms with Gasteiger partial charge in [0.05, 0.1) is 17.5 Å². The van der Waals surface area contributed by atoms with Crippen molar-refractivity contribution >= 4 is 21.4 Å². The van der Waals surface area contributed by atoms with E-state index in [2.05, 4.69) is 10.1 Å². The van der Waals surface area contributed by atoms with Crippen molar-refractivity contribution in [1.29, 1.82) is 0 Å². The van der Waals surface area contributed by atoms with Gasteiger partial charge in [-0.25, -0.2) is 18.1 Å². The number of ether oxygens (including phenoxy) is 1. The second kappa shape index (κ2) is 6.13. The van der Waals surface area contributed by atoms with Crippen LogP contribution in [0.1, 0.15) is 29.7 Å². The largest absolute Gasteiger partial charge is 0.485 e. The molecule has 1 aliphatic rings. The quantitative estimate of drug-likeness (QED) is 0.842. The second-order valence-corrected chi connectivity index (χ2v) is 8.44. The van der Waals surface area contributed by atoms with E-state index < -0.39 is 9.84 Å². The third-order valence-electron chi connectivity index (χ3n) is 3.86. The van der Waals surface area contributed by atoms with E-state index in [1.54, 1.807) is 17.7 Å². The lowest BCUT2D eigenvalue weighted by Crippen LogP contribution is -2.17. The van der Waals surface area contributed by atoms with E-state index in [1.807, 2.05) is 19.1 Å². The molecule has 124 valence electrons. The van der Waals surface area contributed by atoms with Crippen LogP contribution in [0.2, 0.25) is 5.02 Å². The fourth-order valence-electron chi connectivity index (χ4n) is 2.75. The normalized spacial score (nSPS) is 19.9. The van der Waals surface area contributed by atoms with Crippen molar-refractivity contribution in [3.8, 4) is 5.75 Å². The van der Waals surface area contributed by atoms with E-state index in [0.717, 1.165) is 11.3 Å². The van der Waals surface area contributed by atoms with Gasteiger partial charge in [-0.1, -0.05) is 11.6 Å². The van der Waals surface area contributed by atoms with E-state index in [4.69, 9.17) is 16.3 Å². The lowest BCUT2D eigenvalue weighted by Gasteiger charge is -2.13. The summed E-state index contributed by atoms with van der Waals surface area (Å²) in [5.74, 6) is 2.29. The summed E-state index contributed by atoms with van der Waals surface area (Å²) in [6.45, 7) is 3.94. The number of benzene rings is 1. The van der Waals surface area contributed by atoms with Crippen LogP contribution in [0.5, 0.6) is 5.75 Å². The molecular weight excluding hydrogens is 338 g/mol. The molecule has 1 atom stereocenters. The fraction of sp³-hybridized carbons (Fsp3) is 0.467. The van der Waals surface area contributed by atoms with Crippen molar-refractivity contribution in [1.82, 2.24) is 14.8 Å². The molecule has 0 amide bonds. The molecule has 2 aromatic rings. The van der Waals surface area contributed by atoms with Crippen LogP contribution in [-0.2, 0) is 16.4 Å². The number of aromatic nitrogens is 3. The van der Waals surface area contributed by atoms with Crippen molar-refractivity contribution < 1.29 is 13.2 Å². The SMILES string of the molecule is Cc1nc(COc2ccc(Cl)cc2C)n(C2CCS(=O)(=O)C2)n1. The average Bonchev–Trinajstić information content (AvgIpc) is 3.00. The van der Waals surface area contributed by atoms with Gasteiger partial charge in [0.1, 0.15) is 18.2 Å². The van der Waals surface area contributed by atoms with E-state index in [0.29, 0.717) is 23.1 Å². The Bertz CT molecular complexity index is 832. The summed E-state index contributed by atoms with van der Waals surface area (Å²) in [6.07, 6.45) is 0.568. The molecule has 0 spiro atoms. The summed E-state index contributed by atoms with van der Waals surface area (Å²) < 4.78 is 30.9. The van der Waals surface area contributed by atoms with Crippen molar-refractivity contribution in [2.75, 3.05) is 11.5 Å². The van der Waals surface area contributed by atoms with Crippen LogP contribution in [0.3, 0.4) is 0 Å². The maximum absolute atomic E-state index is 11.7. The summed E-state index contributed by atoms with van der Waals surface area (Å²) in [5.41, 5.74) is 0.934. The van der Waals surface area contributed by atoms with Crippen LogP contribution >= 0.6 is 11.6 Å². The van der Waals surface area contributed by atoms with Crippen LogP contribution in [0, 0.1) is 13.8 Å². The summed E-state index contributed by atoms with van der Waals surface area (Å²) in [6, 6.07) is 5.25. The maximum Gasteiger partial charge on any atom is 0.165 e. The molecule has 1 aromatic heterocycles. The highest BCUT2D eigenvalue weighted by atomic mass is 35.5. The summed E-state index contributed by atoms with van der Waals surface area (Å²) in [5, 5.41) is 5.00. The highest BCUT2D eigenvalue weighted by molar-refractivity contribution is 7.91. The van der Waals surface area contributed by atoms with Crippen molar-refractivity contribution in [2.24, 2.45) is 0 Å². The number of nitrogens with zero attached hydrogens (tertiary/aromatic N) is 3. The molecule has 1 aromatic carbocycles. The third kappa shape index (κ3) is 3.67. The summed E-state index contributed by atoms with van der Waals surface area (Å²) in [7, 11) is -2.97. The zero-order valence-electron chi connectivity index (χ0n) is 13.0. The van der Waals surface area contributed by atoms with Crippen molar-refractivity contribution in [3.05, 3.63) is 40.4 Å². The number of halogens is 1. The Balaban J connectivity index is 1.78. The number of aryl methyl sites for hydroxylation is 2. The van der Waals surface area contributed by atoms with E-state index in [-0.39, 0.29) is 24.2 Å². The van der Waals surface area contributed by atoms with Gasteiger partial charge in [-0.2, -0.15) is 5.10 Å². The second-order valence-electron chi connectivity index (χ2n) is 5.78. The van der Waals surface area contributed by atoms with E-state index in [1.165, 1.54) is 0 Å². The van der Waals surface area contributed by atoms with Gasteiger partial charge in [-0.15, -0.1) is 0 Å². The lowest BCUT2D eigenvalue weighted by molar-refractivity contribution is 0.279. The first-order valence-corrected chi connectivity index (χ1v) is 9.55. The molecule has 1 unspecified atom stereocenters. The molecule has 0 saturated carbocycles. The molecular formula is C15H18ClN3O3S. The lowest BCUT2D eigenvalue weighted by atomic mass is 10.2. The van der Waals surface area contributed by atoms with Crippen molar-refractivity contribution in [3.63, 3.8) is 0 Å². The van der Waals surface area contributed by atoms with Gasteiger partial charge in [0.25, 0.3) is 0 Å². The van der Waals surface area contributed by atoms with Gasteiger partial charge < -0.3 is 4.74 Å². The number of hydrogen-bond donors (Lipinski definition) is 0. The van der Waals surface area contributed by atoms with Crippen LogP contribution in [-0.4, -0.2) is 34.7 Å². The molecule has 23 heavy (non-hydrogen) atoms. The topological polar surface area (TPSA) is 74.1 Å². The molecule has 8 heteroatoms. The zero-order chi connectivity index (χ0) is 16.6. The molecule has 1 fully saturated rings. The Morgan fingerprint density at radius 1 is 1.39 bits per heavy atom. The molecule has 3 rings (SSSR count). The van der Waals surface area contributed by atoms with Gasteiger partial charge in [0.15, 0.2) is 15.7 Å². The third-order valence-corrected chi connectivity index (χ3v) is 5.84. The predicted octanol–water partition coefficient (Wildman–Crippen LogP) is 2.49.